The fourth-order valence-corrected chi connectivity index (χ4v) is 1.89. The van der Waals surface area contributed by atoms with Gasteiger partial charge >= 0.3 is 0 Å². The van der Waals surface area contributed by atoms with Gasteiger partial charge in [-0.15, -0.1) is 0 Å². The van der Waals surface area contributed by atoms with Crippen LogP contribution in [0.4, 0.5) is 0 Å². The molecule has 1 fully saturated rings. The van der Waals surface area contributed by atoms with Crippen molar-refractivity contribution in [3.8, 4) is 5.75 Å². The van der Waals surface area contributed by atoms with E-state index in [1.54, 1.807) is 7.11 Å². The van der Waals surface area contributed by atoms with Crippen molar-refractivity contribution >= 4 is 11.6 Å². The molecule has 0 saturated carbocycles. The zero-order valence-corrected chi connectivity index (χ0v) is 9.26. The number of aryl methyl sites for hydroxylation is 1. The SMILES string of the molecule is COc1cc(C)c(C2OC2C)cc1Cl. The van der Waals surface area contributed by atoms with E-state index in [0.29, 0.717) is 11.1 Å². The molecule has 3 heteroatoms. The Labute approximate surface area is 88.8 Å². The molecule has 2 atom stereocenters. The Hall–Kier alpha value is -0.730. The number of hydrogen-bond donors (Lipinski definition) is 0. The molecule has 1 aromatic carbocycles. The maximum absolute atomic E-state index is 6.04. The lowest BCUT2D eigenvalue weighted by atomic mass is 10.0. The number of ether oxygens (including phenoxy) is 2. The van der Waals surface area contributed by atoms with E-state index in [1.807, 2.05) is 19.1 Å². The lowest BCUT2D eigenvalue weighted by molar-refractivity contribution is 0.382. The van der Waals surface area contributed by atoms with E-state index in [4.69, 9.17) is 21.1 Å². The predicted molar refractivity (Wildman–Crippen MR) is 56.0 cm³/mol. The molecule has 1 aliphatic heterocycles. The molecule has 0 N–H and O–H groups in total. The van der Waals surface area contributed by atoms with E-state index in [2.05, 4.69) is 6.92 Å². The summed E-state index contributed by atoms with van der Waals surface area (Å²) in [5.74, 6) is 0.723. The summed E-state index contributed by atoms with van der Waals surface area (Å²) in [5.41, 5.74) is 2.34. The standard InChI is InChI=1S/C11H13ClO2/c1-6-4-10(13-3)9(12)5-8(6)11-7(2)14-11/h4-5,7,11H,1-3H3. The Bertz CT molecular complexity index is 363. The van der Waals surface area contributed by atoms with Crippen LogP contribution >= 0.6 is 11.6 Å². The molecular weight excluding hydrogens is 200 g/mol. The Morgan fingerprint density at radius 2 is 2.07 bits per heavy atom. The Morgan fingerprint density at radius 1 is 1.43 bits per heavy atom. The average Bonchev–Trinajstić information content (AvgIpc) is 2.86. The summed E-state index contributed by atoms with van der Waals surface area (Å²) < 4.78 is 10.5. The quantitative estimate of drug-likeness (QED) is 0.703. The van der Waals surface area contributed by atoms with Crippen molar-refractivity contribution in [1.29, 1.82) is 0 Å². The van der Waals surface area contributed by atoms with Crippen LogP contribution in [-0.4, -0.2) is 13.2 Å². The van der Waals surface area contributed by atoms with Gasteiger partial charge in [-0.3, -0.25) is 0 Å². The molecule has 14 heavy (non-hydrogen) atoms. The minimum atomic E-state index is 0.221. The van der Waals surface area contributed by atoms with E-state index in [1.165, 1.54) is 11.1 Å². The van der Waals surface area contributed by atoms with Crippen molar-refractivity contribution in [2.24, 2.45) is 0 Å². The molecule has 2 rings (SSSR count). The maximum Gasteiger partial charge on any atom is 0.137 e. The number of benzene rings is 1. The highest BCUT2D eigenvalue weighted by Crippen LogP contribution is 2.42. The van der Waals surface area contributed by atoms with Gasteiger partial charge in [-0.2, -0.15) is 0 Å². The highest BCUT2D eigenvalue weighted by Gasteiger charge is 2.37. The van der Waals surface area contributed by atoms with Crippen LogP contribution in [0.15, 0.2) is 12.1 Å². The van der Waals surface area contributed by atoms with Crippen molar-refractivity contribution < 1.29 is 9.47 Å². The number of halogens is 1. The van der Waals surface area contributed by atoms with Crippen molar-refractivity contribution in [2.75, 3.05) is 7.11 Å². The number of methoxy groups -OCH3 is 1. The van der Waals surface area contributed by atoms with E-state index in [-0.39, 0.29) is 6.10 Å². The predicted octanol–water partition coefficient (Wildman–Crippen LogP) is 3.12. The lowest BCUT2D eigenvalue weighted by Crippen LogP contribution is -1.92. The fraction of sp³-hybridized carbons (Fsp3) is 0.455. The normalized spacial score (nSPS) is 24.9. The zero-order valence-electron chi connectivity index (χ0n) is 8.50. The second-order valence-electron chi connectivity index (χ2n) is 3.61. The van der Waals surface area contributed by atoms with E-state index in [0.717, 1.165) is 5.75 Å². The third-order valence-corrected chi connectivity index (χ3v) is 2.85. The molecule has 2 unspecified atom stereocenters. The lowest BCUT2D eigenvalue weighted by Gasteiger charge is -2.08. The van der Waals surface area contributed by atoms with Crippen molar-refractivity contribution in [2.45, 2.75) is 26.1 Å². The third kappa shape index (κ3) is 1.60. The highest BCUT2D eigenvalue weighted by atomic mass is 35.5. The fourth-order valence-electron chi connectivity index (χ4n) is 1.65. The molecule has 1 saturated heterocycles. The minimum Gasteiger partial charge on any atom is -0.495 e. The largest absolute Gasteiger partial charge is 0.495 e. The summed E-state index contributed by atoms with van der Waals surface area (Å²) in [6.07, 6.45) is 0.538. The molecule has 2 nitrogen and oxygen atoms in total. The second kappa shape index (κ2) is 3.44. The molecule has 76 valence electrons. The maximum atomic E-state index is 6.04. The van der Waals surface area contributed by atoms with Gasteiger partial charge in [-0.1, -0.05) is 11.6 Å². The highest BCUT2D eigenvalue weighted by molar-refractivity contribution is 6.32. The summed E-state index contributed by atoms with van der Waals surface area (Å²) in [5, 5.41) is 0.649. The summed E-state index contributed by atoms with van der Waals surface area (Å²) in [7, 11) is 1.62. The summed E-state index contributed by atoms with van der Waals surface area (Å²) in [6, 6.07) is 3.88. The molecule has 0 spiro atoms. The molecule has 1 aliphatic rings. The van der Waals surface area contributed by atoms with Gasteiger partial charge in [0.1, 0.15) is 11.9 Å². The van der Waals surface area contributed by atoms with Crippen LogP contribution < -0.4 is 4.74 Å². The van der Waals surface area contributed by atoms with Gasteiger partial charge in [0.15, 0.2) is 0 Å². The van der Waals surface area contributed by atoms with E-state index >= 15 is 0 Å². The van der Waals surface area contributed by atoms with Gasteiger partial charge in [0.05, 0.1) is 18.2 Å². The van der Waals surface area contributed by atoms with Crippen molar-refractivity contribution in [1.82, 2.24) is 0 Å². The van der Waals surface area contributed by atoms with Crippen molar-refractivity contribution in [3.63, 3.8) is 0 Å². The van der Waals surface area contributed by atoms with Gasteiger partial charge in [-0.05, 0) is 37.1 Å². The van der Waals surface area contributed by atoms with Crippen LogP contribution in [0.5, 0.6) is 5.75 Å². The second-order valence-corrected chi connectivity index (χ2v) is 4.01. The van der Waals surface area contributed by atoms with Crippen LogP contribution in [0, 0.1) is 6.92 Å². The number of hydrogen-bond acceptors (Lipinski definition) is 2. The average molecular weight is 213 g/mol. The van der Waals surface area contributed by atoms with Crippen LogP contribution in [0.3, 0.4) is 0 Å². The number of rotatable bonds is 2. The van der Waals surface area contributed by atoms with Crippen LogP contribution in [-0.2, 0) is 4.74 Å². The Kier molecular flexibility index (Phi) is 2.41. The van der Waals surface area contributed by atoms with E-state index in [9.17, 15) is 0 Å². The zero-order chi connectivity index (χ0) is 10.3. The van der Waals surface area contributed by atoms with Gasteiger partial charge in [0.2, 0.25) is 0 Å². The van der Waals surface area contributed by atoms with Gasteiger partial charge < -0.3 is 9.47 Å². The van der Waals surface area contributed by atoms with Crippen LogP contribution in [0.25, 0.3) is 0 Å². The minimum absolute atomic E-state index is 0.221. The number of epoxide rings is 1. The molecule has 1 heterocycles. The first kappa shape index (κ1) is 9.81. The summed E-state index contributed by atoms with van der Waals surface area (Å²) in [4.78, 5) is 0. The molecule has 0 aliphatic carbocycles. The summed E-state index contributed by atoms with van der Waals surface area (Å²) in [6.45, 7) is 4.10. The molecule has 0 aromatic heterocycles. The third-order valence-electron chi connectivity index (χ3n) is 2.56. The Balaban J connectivity index is 2.38. The van der Waals surface area contributed by atoms with Gasteiger partial charge in [-0.25, -0.2) is 0 Å². The van der Waals surface area contributed by atoms with Crippen LogP contribution in [0.2, 0.25) is 5.02 Å². The first-order valence-corrected chi connectivity index (χ1v) is 5.00. The molecular formula is C11H13ClO2. The first-order chi connectivity index (χ1) is 6.63. The van der Waals surface area contributed by atoms with Crippen molar-refractivity contribution in [3.05, 3.63) is 28.3 Å². The van der Waals surface area contributed by atoms with Gasteiger partial charge in [0, 0.05) is 0 Å². The van der Waals surface area contributed by atoms with E-state index < -0.39 is 0 Å². The summed E-state index contributed by atoms with van der Waals surface area (Å²) >= 11 is 6.04. The van der Waals surface area contributed by atoms with Gasteiger partial charge in [0.25, 0.3) is 0 Å². The Morgan fingerprint density at radius 3 is 2.57 bits per heavy atom. The first-order valence-electron chi connectivity index (χ1n) is 4.63. The molecule has 1 aromatic rings. The molecule has 0 amide bonds. The smallest absolute Gasteiger partial charge is 0.137 e. The molecule has 0 radical (unpaired) electrons. The monoisotopic (exact) mass is 212 g/mol. The topological polar surface area (TPSA) is 21.8 Å². The van der Waals surface area contributed by atoms with Crippen LogP contribution in [0.1, 0.15) is 24.2 Å². The molecule has 0 bridgehead atoms.